The van der Waals surface area contributed by atoms with Crippen molar-refractivity contribution in [2.24, 2.45) is 5.92 Å². The zero-order valence-corrected chi connectivity index (χ0v) is 15.7. The molecule has 1 heterocycles. The molecule has 0 saturated heterocycles. The van der Waals surface area contributed by atoms with Crippen molar-refractivity contribution in [2.75, 3.05) is 6.61 Å². The first kappa shape index (κ1) is 18.0. The second-order valence-corrected chi connectivity index (χ2v) is 8.71. The lowest BCUT2D eigenvalue weighted by molar-refractivity contribution is 0.0171. The molecule has 134 valence electrons. The van der Waals surface area contributed by atoms with Gasteiger partial charge in [-0.15, -0.1) is 0 Å². The van der Waals surface area contributed by atoms with Gasteiger partial charge in [0.15, 0.2) is 0 Å². The van der Waals surface area contributed by atoms with Gasteiger partial charge >= 0.3 is 0 Å². The van der Waals surface area contributed by atoms with Crippen molar-refractivity contribution >= 4 is 10.1 Å². The van der Waals surface area contributed by atoms with Gasteiger partial charge in [-0.1, -0.05) is 35.9 Å². The maximum Gasteiger partial charge on any atom is 0.296 e. The summed E-state index contributed by atoms with van der Waals surface area (Å²) < 4.78 is 35.9. The Bertz CT molecular complexity index is 838. The Balaban J connectivity index is 1.64. The minimum Gasteiger partial charge on any atom is -0.487 e. The predicted molar refractivity (Wildman–Crippen MR) is 97.3 cm³/mol. The molecule has 1 aliphatic rings. The van der Waals surface area contributed by atoms with Gasteiger partial charge in [-0.2, -0.15) is 8.42 Å². The summed E-state index contributed by atoms with van der Waals surface area (Å²) in [5.41, 5.74) is 1.82. The molecular formula is C20H24O4S. The summed E-state index contributed by atoms with van der Waals surface area (Å²) in [7, 11) is -3.72. The number of rotatable bonds is 5. The highest BCUT2D eigenvalue weighted by molar-refractivity contribution is 7.86. The summed E-state index contributed by atoms with van der Waals surface area (Å²) in [5.74, 6) is 1.10. The Hall–Kier alpha value is -1.85. The lowest BCUT2D eigenvalue weighted by atomic mass is 9.80. The molecule has 0 aromatic heterocycles. The van der Waals surface area contributed by atoms with Crippen LogP contribution in [-0.2, 0) is 20.7 Å². The van der Waals surface area contributed by atoms with E-state index in [-0.39, 0.29) is 23.0 Å². The minimum absolute atomic E-state index is 0.149. The van der Waals surface area contributed by atoms with Crippen molar-refractivity contribution < 1.29 is 17.3 Å². The average Bonchev–Trinajstić information content (AvgIpc) is 2.55. The number of fused-ring (bicyclic) bond motifs is 1. The quantitative estimate of drug-likeness (QED) is 0.753. The number of aryl methyl sites for hydroxylation is 1. The molecule has 1 aliphatic heterocycles. The van der Waals surface area contributed by atoms with Gasteiger partial charge in [0, 0.05) is 5.92 Å². The highest BCUT2D eigenvalue weighted by Gasteiger charge is 2.36. The van der Waals surface area contributed by atoms with E-state index in [4.69, 9.17) is 8.92 Å². The molecule has 0 amide bonds. The third kappa shape index (κ3) is 4.05. The van der Waals surface area contributed by atoms with Crippen LogP contribution in [0, 0.1) is 12.8 Å². The van der Waals surface area contributed by atoms with E-state index in [1.165, 1.54) is 0 Å². The molecule has 25 heavy (non-hydrogen) atoms. The van der Waals surface area contributed by atoms with E-state index in [2.05, 4.69) is 6.07 Å². The number of hydrogen-bond acceptors (Lipinski definition) is 4. The van der Waals surface area contributed by atoms with Crippen LogP contribution in [0.2, 0.25) is 0 Å². The van der Waals surface area contributed by atoms with Crippen LogP contribution in [0.25, 0.3) is 0 Å². The van der Waals surface area contributed by atoms with Gasteiger partial charge in [-0.05, 0) is 57.4 Å². The smallest absolute Gasteiger partial charge is 0.296 e. The van der Waals surface area contributed by atoms with Gasteiger partial charge in [0.1, 0.15) is 11.4 Å². The van der Waals surface area contributed by atoms with Gasteiger partial charge in [-0.3, -0.25) is 4.18 Å². The van der Waals surface area contributed by atoms with Gasteiger partial charge < -0.3 is 4.74 Å². The van der Waals surface area contributed by atoms with E-state index < -0.39 is 10.1 Å². The minimum atomic E-state index is -3.72. The monoisotopic (exact) mass is 360 g/mol. The molecule has 1 unspecified atom stereocenters. The first-order chi connectivity index (χ1) is 11.8. The van der Waals surface area contributed by atoms with Crippen molar-refractivity contribution in [1.82, 2.24) is 0 Å². The lowest BCUT2D eigenvalue weighted by Gasteiger charge is -2.40. The van der Waals surface area contributed by atoms with Crippen LogP contribution in [0.1, 0.15) is 31.4 Å². The summed E-state index contributed by atoms with van der Waals surface area (Å²) in [6.45, 7) is 6.15. The van der Waals surface area contributed by atoms with Crippen LogP contribution in [0.4, 0.5) is 0 Å². The summed E-state index contributed by atoms with van der Waals surface area (Å²) >= 11 is 0. The topological polar surface area (TPSA) is 52.6 Å². The second-order valence-electron chi connectivity index (χ2n) is 7.09. The molecule has 2 aromatic carbocycles. The Morgan fingerprint density at radius 3 is 2.52 bits per heavy atom. The van der Waals surface area contributed by atoms with Crippen molar-refractivity contribution in [3.8, 4) is 5.75 Å². The maximum absolute atomic E-state index is 12.3. The van der Waals surface area contributed by atoms with Crippen molar-refractivity contribution in [3.63, 3.8) is 0 Å². The molecule has 0 aliphatic carbocycles. The molecule has 0 spiro atoms. The number of benzene rings is 2. The summed E-state index contributed by atoms with van der Waals surface area (Å²) in [5, 5.41) is 0. The fourth-order valence-electron chi connectivity index (χ4n) is 3.17. The highest BCUT2D eigenvalue weighted by Crippen LogP contribution is 2.38. The molecule has 3 rings (SSSR count). The largest absolute Gasteiger partial charge is 0.487 e. The zero-order chi connectivity index (χ0) is 18.1. The van der Waals surface area contributed by atoms with Crippen LogP contribution in [0.15, 0.2) is 53.4 Å². The third-order valence-electron chi connectivity index (χ3n) is 4.81. The van der Waals surface area contributed by atoms with E-state index in [1.54, 1.807) is 24.3 Å². The molecule has 2 aromatic rings. The van der Waals surface area contributed by atoms with E-state index in [0.717, 1.165) is 23.3 Å². The fraction of sp³-hybridized carbons (Fsp3) is 0.400. The van der Waals surface area contributed by atoms with Crippen LogP contribution < -0.4 is 4.74 Å². The molecule has 0 N–H and O–H groups in total. The maximum atomic E-state index is 12.3. The third-order valence-corrected chi connectivity index (χ3v) is 6.14. The van der Waals surface area contributed by atoms with Crippen molar-refractivity contribution in [1.29, 1.82) is 0 Å². The van der Waals surface area contributed by atoms with E-state index in [1.807, 2.05) is 39.0 Å². The fourth-order valence-corrected chi connectivity index (χ4v) is 4.09. The van der Waals surface area contributed by atoms with Crippen LogP contribution in [0.3, 0.4) is 0 Å². The summed E-state index contributed by atoms with van der Waals surface area (Å²) in [4.78, 5) is 0.197. The molecule has 4 nitrogen and oxygen atoms in total. The van der Waals surface area contributed by atoms with E-state index in [9.17, 15) is 8.42 Å². The van der Waals surface area contributed by atoms with Crippen molar-refractivity contribution in [3.05, 3.63) is 59.7 Å². The number of ether oxygens (including phenoxy) is 1. The SMILES string of the molecule is Cc1ccc(S(=O)(=O)OCCC2Cc3ccccc3OC2(C)C)cc1. The van der Waals surface area contributed by atoms with Gasteiger partial charge in [0.05, 0.1) is 11.5 Å². The average molecular weight is 360 g/mol. The van der Waals surface area contributed by atoms with Gasteiger partial charge in [-0.25, -0.2) is 0 Å². The Kier molecular flexibility index (Phi) is 4.89. The number of para-hydroxylation sites is 1. The molecule has 0 bridgehead atoms. The Morgan fingerprint density at radius 2 is 1.80 bits per heavy atom. The Morgan fingerprint density at radius 1 is 1.12 bits per heavy atom. The van der Waals surface area contributed by atoms with E-state index in [0.29, 0.717) is 6.42 Å². The zero-order valence-electron chi connectivity index (χ0n) is 14.9. The standard InChI is InChI=1S/C20H24O4S/c1-15-8-10-18(11-9-15)25(21,22)23-13-12-17-14-16-6-4-5-7-19(16)24-20(17,2)3/h4-11,17H,12-14H2,1-3H3. The summed E-state index contributed by atoms with van der Waals surface area (Å²) in [6.07, 6.45) is 1.48. The first-order valence-corrected chi connectivity index (χ1v) is 9.92. The number of hydrogen-bond donors (Lipinski definition) is 0. The normalized spacial score (nSPS) is 19.1. The van der Waals surface area contributed by atoms with Crippen LogP contribution >= 0.6 is 0 Å². The summed E-state index contributed by atoms with van der Waals surface area (Å²) in [6, 6.07) is 14.7. The molecule has 1 atom stereocenters. The molecular weight excluding hydrogens is 336 g/mol. The van der Waals surface area contributed by atoms with Gasteiger partial charge in [0.25, 0.3) is 10.1 Å². The van der Waals surface area contributed by atoms with Crippen LogP contribution in [-0.4, -0.2) is 20.6 Å². The molecule has 0 radical (unpaired) electrons. The molecule has 0 saturated carbocycles. The molecule has 0 fully saturated rings. The second kappa shape index (κ2) is 6.81. The molecule has 5 heteroatoms. The van der Waals surface area contributed by atoms with Crippen molar-refractivity contribution in [2.45, 2.75) is 44.1 Å². The van der Waals surface area contributed by atoms with Crippen LogP contribution in [0.5, 0.6) is 5.75 Å². The van der Waals surface area contributed by atoms with Gasteiger partial charge in [0.2, 0.25) is 0 Å². The Labute approximate surface area is 149 Å². The first-order valence-electron chi connectivity index (χ1n) is 8.51. The predicted octanol–water partition coefficient (Wildman–Crippen LogP) is 4.12. The van der Waals surface area contributed by atoms with E-state index >= 15 is 0 Å². The lowest BCUT2D eigenvalue weighted by Crippen LogP contribution is -2.42. The highest BCUT2D eigenvalue weighted by atomic mass is 32.2.